The minimum atomic E-state index is 0.108. The number of hydrogen-bond donors (Lipinski definition) is 0. The maximum absolute atomic E-state index is 12.9. The number of ether oxygens (including phenoxy) is 1. The quantitative estimate of drug-likeness (QED) is 0.695. The van der Waals surface area contributed by atoms with Crippen LogP contribution in [0.3, 0.4) is 0 Å². The van der Waals surface area contributed by atoms with Gasteiger partial charge in [0, 0.05) is 43.2 Å². The normalized spacial score (nSPS) is 18.8. The van der Waals surface area contributed by atoms with E-state index in [0.717, 1.165) is 75.2 Å². The fraction of sp³-hybridized carbons (Fsp3) is 0.462. The fourth-order valence-electron chi connectivity index (χ4n) is 4.46. The van der Waals surface area contributed by atoms with Crippen molar-refractivity contribution in [2.24, 2.45) is 5.92 Å². The highest BCUT2D eigenvalue weighted by Crippen LogP contribution is 2.22. The Kier molecular flexibility index (Phi) is 6.90. The molecule has 2 aliphatic heterocycles. The molecule has 0 saturated carbocycles. The molecule has 5 nitrogen and oxygen atoms in total. The third kappa shape index (κ3) is 5.27. The van der Waals surface area contributed by atoms with Crippen LogP contribution in [-0.2, 0) is 6.42 Å². The summed E-state index contributed by atoms with van der Waals surface area (Å²) in [5, 5.41) is 0. The van der Waals surface area contributed by atoms with Crippen LogP contribution in [-0.4, -0.2) is 54.4 Å². The van der Waals surface area contributed by atoms with E-state index in [2.05, 4.69) is 6.92 Å². The average molecular weight is 421 g/mol. The Morgan fingerprint density at radius 3 is 2.06 bits per heavy atom. The predicted molar refractivity (Wildman–Crippen MR) is 122 cm³/mol. The third-order valence-corrected chi connectivity index (χ3v) is 6.40. The topological polar surface area (TPSA) is 49.9 Å². The van der Waals surface area contributed by atoms with E-state index < -0.39 is 0 Å². The maximum atomic E-state index is 12.9. The number of piperidine rings is 1. The Morgan fingerprint density at radius 1 is 0.839 bits per heavy atom. The molecule has 2 heterocycles. The number of carbonyl (C=O) groups is 2. The maximum Gasteiger partial charge on any atom is 0.253 e. The van der Waals surface area contributed by atoms with Crippen molar-refractivity contribution in [3.63, 3.8) is 0 Å². The molecule has 1 atom stereocenters. The number of amides is 2. The number of likely N-dealkylation sites (tertiary alicyclic amines) is 2. The highest BCUT2D eigenvalue weighted by molar-refractivity contribution is 5.95. The summed E-state index contributed by atoms with van der Waals surface area (Å²) in [6.07, 6.45) is 5.22. The smallest absolute Gasteiger partial charge is 0.253 e. The van der Waals surface area contributed by atoms with Crippen LogP contribution in [0.2, 0.25) is 0 Å². The van der Waals surface area contributed by atoms with Crippen LogP contribution >= 0.6 is 0 Å². The number of rotatable bonds is 6. The number of aryl methyl sites for hydroxylation is 1. The molecule has 2 fully saturated rings. The molecule has 0 radical (unpaired) electrons. The van der Waals surface area contributed by atoms with E-state index >= 15 is 0 Å². The van der Waals surface area contributed by atoms with Crippen molar-refractivity contribution in [2.75, 3.05) is 32.8 Å². The van der Waals surface area contributed by atoms with Gasteiger partial charge in [-0.2, -0.15) is 0 Å². The second-order valence-corrected chi connectivity index (χ2v) is 8.64. The van der Waals surface area contributed by atoms with Gasteiger partial charge in [0.15, 0.2) is 0 Å². The highest BCUT2D eigenvalue weighted by atomic mass is 16.5. The first kappa shape index (κ1) is 21.4. The predicted octanol–water partition coefficient (Wildman–Crippen LogP) is 4.42. The number of carbonyl (C=O) groups excluding carboxylic acids is 2. The molecule has 2 saturated heterocycles. The number of nitrogens with zero attached hydrogens (tertiary/aromatic N) is 2. The molecule has 2 amide bonds. The molecule has 0 unspecified atom stereocenters. The zero-order valence-corrected chi connectivity index (χ0v) is 18.4. The zero-order chi connectivity index (χ0) is 21.6. The molecular weight excluding hydrogens is 388 g/mol. The summed E-state index contributed by atoms with van der Waals surface area (Å²) in [6.45, 7) is 5.94. The summed E-state index contributed by atoms with van der Waals surface area (Å²) in [7, 11) is 0. The monoisotopic (exact) mass is 420 g/mol. The standard InChI is InChI=1S/C26H32N2O3/c1-2-20-7-9-22(10-8-20)26(30)28-17-5-6-21(18-28)19-31-24-13-11-23(12-14-24)25(29)27-15-3-4-16-27/h7-14,21H,2-6,15-19H2,1H3/t21-/m1/s1. The molecule has 0 aliphatic carbocycles. The molecule has 2 aromatic carbocycles. The molecule has 31 heavy (non-hydrogen) atoms. The Labute approximate surface area is 185 Å². The Hall–Kier alpha value is -2.82. The van der Waals surface area contributed by atoms with Crippen LogP contribution < -0.4 is 4.74 Å². The van der Waals surface area contributed by atoms with E-state index in [1.807, 2.05) is 58.3 Å². The molecule has 5 heteroatoms. The Bertz CT molecular complexity index is 886. The molecule has 0 N–H and O–H groups in total. The summed E-state index contributed by atoms with van der Waals surface area (Å²) >= 11 is 0. The minimum Gasteiger partial charge on any atom is -0.493 e. The van der Waals surface area contributed by atoms with E-state index in [4.69, 9.17) is 4.74 Å². The van der Waals surface area contributed by atoms with Gasteiger partial charge in [0.1, 0.15) is 5.75 Å². The highest BCUT2D eigenvalue weighted by Gasteiger charge is 2.25. The van der Waals surface area contributed by atoms with E-state index in [0.29, 0.717) is 12.5 Å². The molecule has 0 bridgehead atoms. The van der Waals surface area contributed by atoms with Crippen LogP contribution in [0.5, 0.6) is 5.75 Å². The summed E-state index contributed by atoms with van der Waals surface area (Å²) in [6, 6.07) is 15.4. The van der Waals surface area contributed by atoms with E-state index in [9.17, 15) is 9.59 Å². The first-order chi connectivity index (χ1) is 15.1. The van der Waals surface area contributed by atoms with E-state index in [-0.39, 0.29) is 11.8 Å². The summed E-state index contributed by atoms with van der Waals surface area (Å²) in [4.78, 5) is 29.2. The summed E-state index contributed by atoms with van der Waals surface area (Å²) < 4.78 is 6.01. The lowest BCUT2D eigenvalue weighted by molar-refractivity contribution is 0.0633. The second kappa shape index (κ2) is 9.99. The van der Waals surface area contributed by atoms with Gasteiger partial charge in [-0.1, -0.05) is 19.1 Å². The Morgan fingerprint density at radius 2 is 1.42 bits per heavy atom. The van der Waals surface area contributed by atoms with Gasteiger partial charge in [0.2, 0.25) is 0 Å². The molecule has 164 valence electrons. The van der Waals surface area contributed by atoms with Gasteiger partial charge in [0.25, 0.3) is 11.8 Å². The summed E-state index contributed by atoms with van der Waals surface area (Å²) in [5.41, 5.74) is 2.73. The third-order valence-electron chi connectivity index (χ3n) is 6.40. The number of hydrogen-bond acceptors (Lipinski definition) is 3. The zero-order valence-electron chi connectivity index (χ0n) is 18.4. The van der Waals surface area contributed by atoms with Crippen molar-refractivity contribution >= 4 is 11.8 Å². The van der Waals surface area contributed by atoms with Gasteiger partial charge < -0.3 is 14.5 Å². The fourth-order valence-corrected chi connectivity index (χ4v) is 4.46. The number of benzene rings is 2. The van der Waals surface area contributed by atoms with Crippen molar-refractivity contribution in [2.45, 2.75) is 39.0 Å². The molecule has 0 aromatic heterocycles. The molecule has 2 aliphatic rings. The van der Waals surface area contributed by atoms with Gasteiger partial charge in [-0.15, -0.1) is 0 Å². The van der Waals surface area contributed by atoms with Crippen LogP contribution in [0.4, 0.5) is 0 Å². The van der Waals surface area contributed by atoms with E-state index in [1.54, 1.807) is 0 Å². The van der Waals surface area contributed by atoms with Gasteiger partial charge in [-0.25, -0.2) is 0 Å². The lowest BCUT2D eigenvalue weighted by Crippen LogP contribution is -2.41. The van der Waals surface area contributed by atoms with Crippen molar-refractivity contribution < 1.29 is 14.3 Å². The van der Waals surface area contributed by atoms with Crippen molar-refractivity contribution in [3.8, 4) is 5.75 Å². The van der Waals surface area contributed by atoms with E-state index in [1.165, 1.54) is 5.56 Å². The SMILES string of the molecule is CCc1ccc(C(=O)N2CCC[C@@H](COc3ccc(C(=O)N4CCCC4)cc3)C2)cc1. The lowest BCUT2D eigenvalue weighted by atomic mass is 9.98. The van der Waals surface area contributed by atoms with Crippen LogP contribution in [0, 0.1) is 5.92 Å². The summed E-state index contributed by atoms with van der Waals surface area (Å²) in [5.74, 6) is 1.31. The van der Waals surface area contributed by atoms with Crippen molar-refractivity contribution in [3.05, 3.63) is 65.2 Å². The van der Waals surface area contributed by atoms with Gasteiger partial charge in [0.05, 0.1) is 6.61 Å². The average Bonchev–Trinajstić information content (AvgIpc) is 3.37. The largest absolute Gasteiger partial charge is 0.493 e. The molecule has 4 rings (SSSR count). The van der Waals surface area contributed by atoms with Crippen LogP contribution in [0.1, 0.15) is 58.9 Å². The lowest BCUT2D eigenvalue weighted by Gasteiger charge is -2.32. The van der Waals surface area contributed by atoms with Crippen LogP contribution in [0.25, 0.3) is 0 Å². The minimum absolute atomic E-state index is 0.108. The first-order valence-corrected chi connectivity index (χ1v) is 11.5. The molecule has 2 aromatic rings. The van der Waals surface area contributed by atoms with Crippen molar-refractivity contribution in [1.29, 1.82) is 0 Å². The van der Waals surface area contributed by atoms with Crippen LogP contribution in [0.15, 0.2) is 48.5 Å². The molecule has 0 spiro atoms. The van der Waals surface area contributed by atoms with Gasteiger partial charge in [-0.05, 0) is 74.1 Å². The van der Waals surface area contributed by atoms with Gasteiger partial charge >= 0.3 is 0 Å². The molecular formula is C26H32N2O3. The first-order valence-electron chi connectivity index (χ1n) is 11.5. The Balaban J connectivity index is 1.29. The second-order valence-electron chi connectivity index (χ2n) is 8.64. The van der Waals surface area contributed by atoms with Gasteiger partial charge in [-0.3, -0.25) is 9.59 Å². The van der Waals surface area contributed by atoms with Crippen molar-refractivity contribution in [1.82, 2.24) is 9.80 Å².